The van der Waals surface area contributed by atoms with Gasteiger partial charge in [-0.1, -0.05) is 12.2 Å². The molecule has 0 saturated carbocycles. The Morgan fingerprint density at radius 2 is 2.25 bits per heavy atom. The van der Waals surface area contributed by atoms with Crippen molar-refractivity contribution in [2.24, 2.45) is 0 Å². The van der Waals surface area contributed by atoms with Crippen LogP contribution < -0.4 is 5.32 Å². The van der Waals surface area contributed by atoms with Crippen molar-refractivity contribution >= 4 is 5.91 Å². The Balaban J connectivity index is 3.58. The minimum Gasteiger partial charge on any atom is -0.352 e. The highest BCUT2D eigenvalue weighted by atomic mass is 16.1. The summed E-state index contributed by atoms with van der Waals surface area (Å²) in [7, 11) is 0. The van der Waals surface area contributed by atoms with Crippen LogP contribution in [-0.2, 0) is 4.79 Å². The van der Waals surface area contributed by atoms with Crippen LogP contribution in [0.3, 0.4) is 0 Å². The fourth-order valence-electron chi connectivity index (χ4n) is 0.813. The van der Waals surface area contributed by atoms with Gasteiger partial charge in [-0.05, 0) is 34.1 Å². The Kier molecular flexibility index (Phi) is 3.85. The van der Waals surface area contributed by atoms with Crippen molar-refractivity contribution in [1.82, 2.24) is 5.32 Å². The molecule has 0 radical (unpaired) electrons. The van der Waals surface area contributed by atoms with Crippen LogP contribution in [0.1, 0.15) is 41.9 Å². The highest BCUT2D eigenvalue weighted by molar-refractivity contribution is 5.76. The van der Waals surface area contributed by atoms with Crippen LogP contribution in [0.4, 0.5) is 0 Å². The summed E-state index contributed by atoms with van der Waals surface area (Å²) in [6.45, 7) is 6.18. The van der Waals surface area contributed by atoms with E-state index in [4.69, 9.17) is 1.37 Å². The lowest BCUT2D eigenvalue weighted by molar-refractivity contribution is -0.122. The molecule has 0 aromatic rings. The summed E-state index contributed by atoms with van der Waals surface area (Å²) in [5, 5.41) is 2.88. The molecule has 0 unspecified atom stereocenters. The number of carbonyl (C=O) groups excluding carboxylic acids is 1. The number of amides is 1. The minimum absolute atomic E-state index is 0.0714. The number of carbonyl (C=O) groups is 1. The van der Waals surface area contributed by atoms with Crippen LogP contribution in [0.25, 0.3) is 0 Å². The summed E-state index contributed by atoms with van der Waals surface area (Å²) in [4.78, 5) is 11.2. The van der Waals surface area contributed by atoms with Crippen LogP contribution >= 0.6 is 0 Å². The van der Waals surface area contributed by atoms with Gasteiger partial charge in [-0.25, -0.2) is 0 Å². The molecule has 0 spiro atoms. The molecule has 70 valence electrons. The molecular weight excluding hydrogens is 150 g/mol. The summed E-state index contributed by atoms with van der Waals surface area (Å²) in [6, 6.07) is 0. The molecule has 0 atom stereocenters. The van der Waals surface area contributed by atoms with Gasteiger partial charge in [0, 0.05) is 13.3 Å². The van der Waals surface area contributed by atoms with Gasteiger partial charge in [-0.3, -0.25) is 4.79 Å². The Bertz CT molecular complexity index is 182. The van der Waals surface area contributed by atoms with E-state index < -0.39 is 0 Å². The smallest absolute Gasteiger partial charge is 0.220 e. The zero-order valence-electron chi connectivity index (χ0n) is 9.18. The summed E-state index contributed by atoms with van der Waals surface area (Å²) in [5.41, 5.74) is -0.143. The average molecular weight is 170 g/mol. The maximum Gasteiger partial charge on any atom is 0.220 e. The van der Waals surface area contributed by atoms with Crippen molar-refractivity contribution in [3.8, 4) is 0 Å². The molecule has 1 amide bonds. The molecule has 0 aliphatic rings. The fourth-order valence-corrected chi connectivity index (χ4v) is 0.813. The standard InChI is InChI=1S/C10H19NO/c1-5-6-7-8-9(12)11-10(2,3)4/h5-6H,7-8H2,1-4H3,(H,11,12)/b6-5+/i1D. The molecular formula is C10H19NO. The molecule has 0 fully saturated rings. The van der Waals surface area contributed by atoms with Crippen LogP contribution in [0.2, 0.25) is 0 Å². The maximum atomic E-state index is 11.2. The molecule has 0 aliphatic heterocycles. The lowest BCUT2D eigenvalue weighted by Gasteiger charge is -2.20. The van der Waals surface area contributed by atoms with Crippen LogP contribution in [0, 0.1) is 0 Å². The largest absolute Gasteiger partial charge is 0.352 e. The summed E-state index contributed by atoms with van der Waals surface area (Å²) in [5.74, 6) is 0.0714. The molecule has 0 rings (SSSR count). The Hall–Kier alpha value is -0.790. The predicted molar refractivity (Wildman–Crippen MR) is 51.9 cm³/mol. The highest BCUT2D eigenvalue weighted by Crippen LogP contribution is 2.00. The first kappa shape index (κ1) is 9.30. The first-order valence-electron chi connectivity index (χ1n) is 4.91. The molecule has 0 heterocycles. The lowest BCUT2D eigenvalue weighted by Crippen LogP contribution is -2.40. The fraction of sp³-hybridized carbons (Fsp3) is 0.700. The highest BCUT2D eigenvalue weighted by Gasteiger charge is 2.12. The van der Waals surface area contributed by atoms with Crippen molar-refractivity contribution < 1.29 is 6.17 Å². The van der Waals surface area contributed by atoms with Crippen molar-refractivity contribution in [1.29, 1.82) is 0 Å². The van der Waals surface area contributed by atoms with E-state index in [0.717, 1.165) is 6.42 Å². The van der Waals surface area contributed by atoms with Crippen molar-refractivity contribution in [3.63, 3.8) is 0 Å². The third kappa shape index (κ3) is 7.32. The molecule has 0 bridgehead atoms. The van der Waals surface area contributed by atoms with Gasteiger partial charge < -0.3 is 5.32 Å². The number of rotatable bonds is 3. The van der Waals surface area contributed by atoms with Crippen LogP contribution in [0.5, 0.6) is 0 Å². The first-order chi connectivity index (χ1) is 5.95. The molecule has 2 heteroatoms. The van der Waals surface area contributed by atoms with E-state index in [9.17, 15) is 4.79 Å². The third-order valence-corrected chi connectivity index (χ3v) is 1.22. The van der Waals surface area contributed by atoms with E-state index in [2.05, 4.69) is 5.32 Å². The number of allylic oxidation sites excluding steroid dienone is 2. The van der Waals surface area contributed by atoms with E-state index >= 15 is 0 Å². The van der Waals surface area contributed by atoms with Gasteiger partial charge in [-0.2, -0.15) is 0 Å². The van der Waals surface area contributed by atoms with Crippen LogP contribution in [0.15, 0.2) is 12.2 Å². The Labute approximate surface area is 76.5 Å². The molecule has 0 saturated heterocycles. The van der Waals surface area contributed by atoms with E-state index in [1.165, 1.54) is 0 Å². The topological polar surface area (TPSA) is 29.1 Å². The Morgan fingerprint density at radius 3 is 2.75 bits per heavy atom. The normalized spacial score (nSPS) is 13.1. The number of hydrogen-bond acceptors (Lipinski definition) is 1. The van der Waals surface area contributed by atoms with Crippen molar-refractivity contribution in [2.45, 2.75) is 46.1 Å². The second-order valence-corrected chi connectivity index (χ2v) is 3.81. The average Bonchev–Trinajstić information content (AvgIpc) is 1.94. The zero-order chi connectivity index (χ0) is 10.3. The third-order valence-electron chi connectivity index (χ3n) is 1.22. The van der Waals surface area contributed by atoms with Crippen LogP contribution in [-0.4, -0.2) is 11.4 Å². The lowest BCUT2D eigenvalue weighted by atomic mass is 10.1. The SMILES string of the molecule is [2H]C/C=C/CCC(=O)NC(C)(C)C. The zero-order valence-corrected chi connectivity index (χ0v) is 8.18. The summed E-state index contributed by atoms with van der Waals surface area (Å²) in [6.07, 6.45) is 4.86. The number of nitrogens with one attached hydrogen (secondary N) is 1. The molecule has 0 aliphatic carbocycles. The van der Waals surface area contributed by atoms with Gasteiger partial charge in [-0.15, -0.1) is 0 Å². The number of hydrogen-bond donors (Lipinski definition) is 1. The van der Waals surface area contributed by atoms with E-state index in [1.807, 2.05) is 26.8 Å². The van der Waals surface area contributed by atoms with Gasteiger partial charge in [0.15, 0.2) is 0 Å². The quantitative estimate of drug-likeness (QED) is 0.647. The van der Waals surface area contributed by atoms with Gasteiger partial charge >= 0.3 is 0 Å². The molecule has 0 aromatic heterocycles. The second kappa shape index (κ2) is 4.96. The predicted octanol–water partition coefficient (Wildman–Crippen LogP) is 2.26. The van der Waals surface area contributed by atoms with E-state index in [1.54, 1.807) is 6.08 Å². The molecule has 0 aromatic carbocycles. The first-order valence-corrected chi connectivity index (χ1v) is 4.21. The monoisotopic (exact) mass is 170 g/mol. The minimum atomic E-state index is -0.143. The van der Waals surface area contributed by atoms with E-state index in [-0.39, 0.29) is 11.4 Å². The maximum absolute atomic E-state index is 11.2. The molecule has 2 nitrogen and oxygen atoms in total. The van der Waals surface area contributed by atoms with Gasteiger partial charge in [0.05, 0.1) is 0 Å². The summed E-state index contributed by atoms with van der Waals surface area (Å²) >= 11 is 0. The van der Waals surface area contributed by atoms with Crippen molar-refractivity contribution in [3.05, 3.63) is 12.2 Å². The van der Waals surface area contributed by atoms with Gasteiger partial charge in [0.1, 0.15) is 0 Å². The Morgan fingerprint density at radius 1 is 1.58 bits per heavy atom. The van der Waals surface area contributed by atoms with Crippen molar-refractivity contribution in [2.75, 3.05) is 0 Å². The molecule has 1 N–H and O–H groups in total. The van der Waals surface area contributed by atoms with E-state index in [0.29, 0.717) is 13.3 Å². The van der Waals surface area contributed by atoms with Gasteiger partial charge in [0.2, 0.25) is 5.91 Å². The van der Waals surface area contributed by atoms with Gasteiger partial charge in [0.25, 0.3) is 0 Å². The second-order valence-electron chi connectivity index (χ2n) is 3.81. The summed E-state index contributed by atoms with van der Waals surface area (Å²) < 4.78 is 6.85. The molecule has 12 heavy (non-hydrogen) atoms.